The van der Waals surface area contributed by atoms with Crippen molar-refractivity contribution in [2.75, 3.05) is 0 Å². The predicted octanol–water partition coefficient (Wildman–Crippen LogP) is 2.30. The molecule has 21 heavy (non-hydrogen) atoms. The fourth-order valence-electron chi connectivity index (χ4n) is 2.41. The lowest BCUT2D eigenvalue weighted by Crippen LogP contribution is -2.25. The van der Waals surface area contributed by atoms with E-state index in [9.17, 15) is 4.79 Å². The molecule has 3 aromatic heterocycles. The van der Waals surface area contributed by atoms with Crippen molar-refractivity contribution >= 4 is 10.9 Å². The molecule has 0 N–H and O–H groups in total. The monoisotopic (exact) mass is 280 g/mol. The van der Waals surface area contributed by atoms with Crippen LogP contribution in [0.15, 0.2) is 47.9 Å². The van der Waals surface area contributed by atoms with Crippen LogP contribution in [0.3, 0.4) is 0 Å². The van der Waals surface area contributed by atoms with Crippen molar-refractivity contribution in [1.82, 2.24) is 19.5 Å². The predicted molar refractivity (Wildman–Crippen MR) is 81.2 cm³/mol. The molecule has 0 aromatic carbocycles. The first-order chi connectivity index (χ1) is 10.2. The van der Waals surface area contributed by atoms with Gasteiger partial charge in [-0.15, -0.1) is 0 Å². The summed E-state index contributed by atoms with van der Waals surface area (Å²) in [5, 5.41) is 0.595. The average molecular weight is 280 g/mol. The molecule has 0 bridgehead atoms. The van der Waals surface area contributed by atoms with E-state index in [1.54, 1.807) is 35.6 Å². The Hall–Kier alpha value is -2.56. The van der Waals surface area contributed by atoms with E-state index in [0.29, 0.717) is 17.3 Å². The fraction of sp³-hybridized carbons (Fsp3) is 0.250. The van der Waals surface area contributed by atoms with E-state index in [-0.39, 0.29) is 11.6 Å². The van der Waals surface area contributed by atoms with Crippen LogP contribution in [0.5, 0.6) is 0 Å². The highest BCUT2D eigenvalue weighted by atomic mass is 16.1. The SMILES string of the molecule is Cc1cccnc1CC(C)n1cnc2cnccc2c1=O. The van der Waals surface area contributed by atoms with Gasteiger partial charge in [-0.2, -0.15) is 0 Å². The van der Waals surface area contributed by atoms with E-state index >= 15 is 0 Å². The smallest absolute Gasteiger partial charge is 0.261 e. The summed E-state index contributed by atoms with van der Waals surface area (Å²) in [5.74, 6) is 0. The van der Waals surface area contributed by atoms with Crippen LogP contribution in [-0.2, 0) is 6.42 Å². The highest BCUT2D eigenvalue weighted by molar-refractivity contribution is 5.75. The average Bonchev–Trinajstić information content (AvgIpc) is 2.50. The van der Waals surface area contributed by atoms with Crippen LogP contribution < -0.4 is 5.56 Å². The summed E-state index contributed by atoms with van der Waals surface area (Å²) in [7, 11) is 0. The minimum absolute atomic E-state index is 0.00355. The van der Waals surface area contributed by atoms with Crippen LogP contribution in [0.25, 0.3) is 10.9 Å². The van der Waals surface area contributed by atoms with E-state index in [0.717, 1.165) is 11.3 Å². The molecule has 3 aromatic rings. The number of rotatable bonds is 3. The molecule has 0 saturated carbocycles. The maximum Gasteiger partial charge on any atom is 0.261 e. The first-order valence-electron chi connectivity index (χ1n) is 6.88. The van der Waals surface area contributed by atoms with Crippen molar-refractivity contribution in [1.29, 1.82) is 0 Å². The maximum atomic E-state index is 12.5. The molecule has 3 rings (SSSR count). The third kappa shape index (κ3) is 2.54. The second-order valence-electron chi connectivity index (χ2n) is 5.17. The Labute approximate surface area is 122 Å². The van der Waals surface area contributed by atoms with Crippen LogP contribution in [-0.4, -0.2) is 19.5 Å². The molecule has 0 amide bonds. The van der Waals surface area contributed by atoms with Gasteiger partial charge in [0.25, 0.3) is 5.56 Å². The molecule has 1 unspecified atom stereocenters. The topological polar surface area (TPSA) is 60.7 Å². The Balaban J connectivity index is 1.99. The van der Waals surface area contributed by atoms with Gasteiger partial charge in [0.2, 0.25) is 0 Å². The van der Waals surface area contributed by atoms with Gasteiger partial charge in [0.15, 0.2) is 0 Å². The lowest BCUT2D eigenvalue weighted by molar-refractivity contribution is 0.516. The van der Waals surface area contributed by atoms with Gasteiger partial charge in [-0.3, -0.25) is 19.3 Å². The van der Waals surface area contributed by atoms with Gasteiger partial charge < -0.3 is 0 Å². The molecule has 5 nitrogen and oxygen atoms in total. The number of fused-ring (bicyclic) bond motifs is 1. The summed E-state index contributed by atoms with van der Waals surface area (Å²) in [4.78, 5) is 25.2. The van der Waals surface area contributed by atoms with E-state index in [1.807, 2.05) is 26.0 Å². The zero-order chi connectivity index (χ0) is 14.8. The van der Waals surface area contributed by atoms with Crippen LogP contribution in [0.4, 0.5) is 0 Å². The van der Waals surface area contributed by atoms with Gasteiger partial charge in [0, 0.05) is 30.6 Å². The minimum Gasteiger partial charge on any atom is -0.295 e. The fourth-order valence-corrected chi connectivity index (χ4v) is 2.41. The lowest BCUT2D eigenvalue weighted by Gasteiger charge is -2.15. The van der Waals surface area contributed by atoms with E-state index in [4.69, 9.17) is 0 Å². The normalized spacial score (nSPS) is 12.5. The Morgan fingerprint density at radius 2 is 2.10 bits per heavy atom. The largest absolute Gasteiger partial charge is 0.295 e. The van der Waals surface area contributed by atoms with E-state index in [1.165, 1.54) is 0 Å². The Kier molecular flexibility index (Phi) is 3.48. The van der Waals surface area contributed by atoms with Crippen molar-refractivity contribution in [3.8, 4) is 0 Å². The van der Waals surface area contributed by atoms with Crippen molar-refractivity contribution in [3.05, 3.63) is 64.7 Å². The van der Waals surface area contributed by atoms with Gasteiger partial charge in [0.05, 0.1) is 23.4 Å². The summed E-state index contributed by atoms with van der Waals surface area (Å²) < 4.78 is 1.66. The molecule has 3 heterocycles. The highest BCUT2D eigenvalue weighted by Crippen LogP contribution is 2.14. The molecule has 0 aliphatic carbocycles. The molecular formula is C16H16N4O. The summed E-state index contributed by atoms with van der Waals surface area (Å²) in [6, 6.07) is 5.65. The number of aromatic nitrogens is 4. The van der Waals surface area contributed by atoms with Crippen molar-refractivity contribution in [3.63, 3.8) is 0 Å². The third-order valence-electron chi connectivity index (χ3n) is 3.67. The molecule has 0 spiro atoms. The van der Waals surface area contributed by atoms with Crippen LogP contribution >= 0.6 is 0 Å². The number of pyridine rings is 2. The molecule has 0 aliphatic rings. The summed E-state index contributed by atoms with van der Waals surface area (Å²) in [6.07, 6.45) is 7.29. The quantitative estimate of drug-likeness (QED) is 0.738. The van der Waals surface area contributed by atoms with Crippen molar-refractivity contribution in [2.24, 2.45) is 0 Å². The molecule has 0 saturated heterocycles. The van der Waals surface area contributed by atoms with Crippen LogP contribution in [0.2, 0.25) is 0 Å². The van der Waals surface area contributed by atoms with Gasteiger partial charge in [0.1, 0.15) is 0 Å². The summed E-state index contributed by atoms with van der Waals surface area (Å²) >= 11 is 0. The second-order valence-corrected chi connectivity index (χ2v) is 5.17. The van der Waals surface area contributed by atoms with Crippen LogP contribution in [0.1, 0.15) is 24.2 Å². The molecular weight excluding hydrogens is 264 g/mol. The Morgan fingerprint density at radius 3 is 2.90 bits per heavy atom. The highest BCUT2D eigenvalue weighted by Gasteiger charge is 2.12. The van der Waals surface area contributed by atoms with E-state index < -0.39 is 0 Å². The number of aryl methyl sites for hydroxylation is 1. The zero-order valence-electron chi connectivity index (χ0n) is 12.0. The molecule has 0 fully saturated rings. The molecule has 0 aliphatic heterocycles. The molecule has 0 radical (unpaired) electrons. The number of hydrogen-bond donors (Lipinski definition) is 0. The molecule has 5 heteroatoms. The first-order valence-corrected chi connectivity index (χ1v) is 6.88. The van der Waals surface area contributed by atoms with Gasteiger partial charge in [-0.1, -0.05) is 6.07 Å². The number of hydrogen-bond acceptors (Lipinski definition) is 4. The van der Waals surface area contributed by atoms with Gasteiger partial charge in [-0.25, -0.2) is 4.98 Å². The van der Waals surface area contributed by atoms with Gasteiger partial charge >= 0.3 is 0 Å². The van der Waals surface area contributed by atoms with Crippen LogP contribution in [0, 0.1) is 6.92 Å². The van der Waals surface area contributed by atoms with Crippen molar-refractivity contribution < 1.29 is 0 Å². The minimum atomic E-state index is -0.0384. The molecule has 1 atom stereocenters. The first kappa shape index (κ1) is 13.4. The second kappa shape index (κ2) is 5.44. The van der Waals surface area contributed by atoms with E-state index in [2.05, 4.69) is 15.0 Å². The third-order valence-corrected chi connectivity index (χ3v) is 3.67. The maximum absolute atomic E-state index is 12.5. The molecule has 106 valence electrons. The summed E-state index contributed by atoms with van der Waals surface area (Å²) in [6.45, 7) is 4.03. The Bertz CT molecular complexity index is 841. The van der Waals surface area contributed by atoms with Gasteiger partial charge in [-0.05, 0) is 31.5 Å². The summed E-state index contributed by atoms with van der Waals surface area (Å²) in [5.41, 5.74) is 2.73. The Morgan fingerprint density at radius 1 is 1.24 bits per heavy atom. The lowest BCUT2D eigenvalue weighted by atomic mass is 10.1. The van der Waals surface area contributed by atoms with Crippen molar-refractivity contribution in [2.45, 2.75) is 26.3 Å². The standard InChI is InChI=1S/C16H16N4O/c1-11-4-3-6-18-14(11)8-12(2)20-10-19-15-9-17-7-5-13(15)16(20)21/h3-7,9-10,12H,8H2,1-2H3. The zero-order valence-corrected chi connectivity index (χ0v) is 12.0. The number of nitrogens with zero attached hydrogens (tertiary/aromatic N) is 4.